The lowest BCUT2D eigenvalue weighted by molar-refractivity contribution is 1.19. The van der Waals surface area contributed by atoms with Gasteiger partial charge in [-0.3, -0.25) is 0 Å². The van der Waals surface area contributed by atoms with E-state index in [2.05, 4.69) is 76.7 Å². The molecule has 0 amide bonds. The van der Waals surface area contributed by atoms with Crippen LogP contribution in [0, 0.1) is 0 Å². The maximum atomic E-state index is 3.51. The molecule has 102 valence electrons. The molecule has 0 radical (unpaired) electrons. The van der Waals surface area contributed by atoms with Crippen molar-refractivity contribution in [1.29, 1.82) is 0 Å². The van der Waals surface area contributed by atoms with E-state index in [9.17, 15) is 0 Å². The molecule has 2 aromatic carbocycles. The minimum atomic E-state index is 0.896. The molecule has 0 aliphatic heterocycles. The monoisotopic (exact) mass is 345 g/mol. The zero-order valence-electron chi connectivity index (χ0n) is 11.3. The molecule has 0 saturated carbocycles. The largest absolute Gasteiger partial charge is 0.380 e. The van der Waals surface area contributed by atoms with Crippen molar-refractivity contribution in [3.63, 3.8) is 0 Å². The summed E-state index contributed by atoms with van der Waals surface area (Å²) in [6.45, 7) is 3.09. The quantitative estimate of drug-likeness (QED) is 0.626. The van der Waals surface area contributed by atoms with Gasteiger partial charge >= 0.3 is 0 Å². The Kier molecular flexibility index (Phi) is 4.08. The topological polar surface area (TPSA) is 12.0 Å². The highest BCUT2D eigenvalue weighted by atomic mass is 79.9. The van der Waals surface area contributed by atoms with E-state index in [4.69, 9.17) is 0 Å². The third kappa shape index (κ3) is 3.05. The van der Waals surface area contributed by atoms with Gasteiger partial charge < -0.3 is 5.32 Å². The van der Waals surface area contributed by atoms with Gasteiger partial charge in [-0.05, 0) is 53.6 Å². The normalized spacial score (nSPS) is 10.9. The molecule has 1 heterocycles. The summed E-state index contributed by atoms with van der Waals surface area (Å²) in [6, 6.07) is 17.3. The van der Waals surface area contributed by atoms with Crippen molar-refractivity contribution in [2.24, 2.45) is 0 Å². The summed E-state index contributed by atoms with van der Waals surface area (Å²) in [4.78, 5) is 2.84. The molecule has 0 atom stereocenters. The number of fused-ring (bicyclic) bond motifs is 1. The average Bonchev–Trinajstić information content (AvgIpc) is 2.93. The van der Waals surface area contributed by atoms with E-state index in [-0.39, 0.29) is 0 Å². The van der Waals surface area contributed by atoms with Crippen LogP contribution in [0.15, 0.2) is 53.0 Å². The van der Waals surface area contributed by atoms with Gasteiger partial charge in [0.15, 0.2) is 0 Å². The summed E-state index contributed by atoms with van der Waals surface area (Å²) in [5.74, 6) is 0. The van der Waals surface area contributed by atoms with Gasteiger partial charge in [0.25, 0.3) is 0 Å². The first-order chi connectivity index (χ1) is 9.74. The zero-order valence-corrected chi connectivity index (χ0v) is 13.7. The summed E-state index contributed by atoms with van der Waals surface area (Å²) < 4.78 is 1.12. The molecule has 3 aromatic rings. The Balaban J connectivity index is 1.75. The first-order valence-corrected chi connectivity index (χ1v) is 8.36. The average molecular weight is 346 g/mol. The van der Waals surface area contributed by atoms with Crippen molar-refractivity contribution in [3.8, 4) is 0 Å². The molecule has 1 aromatic heterocycles. The number of anilines is 1. The molecule has 0 fully saturated rings. The highest BCUT2D eigenvalue weighted by Gasteiger charge is 2.00. The fourth-order valence-electron chi connectivity index (χ4n) is 2.22. The maximum absolute atomic E-state index is 3.51. The molecule has 0 aliphatic rings. The zero-order chi connectivity index (χ0) is 13.9. The minimum absolute atomic E-state index is 0.896. The van der Waals surface area contributed by atoms with Gasteiger partial charge in [-0.1, -0.05) is 35.0 Å². The van der Waals surface area contributed by atoms with Crippen molar-refractivity contribution in [2.45, 2.75) is 19.9 Å². The van der Waals surface area contributed by atoms with Crippen LogP contribution in [0.2, 0.25) is 0 Å². The minimum Gasteiger partial charge on any atom is -0.380 e. The smallest absolute Gasteiger partial charge is 0.0494 e. The van der Waals surface area contributed by atoms with Crippen molar-refractivity contribution >= 4 is 43.7 Å². The summed E-state index contributed by atoms with van der Waals surface area (Å²) in [5, 5.41) is 6.03. The second kappa shape index (κ2) is 5.98. The molecule has 0 bridgehead atoms. The fourth-order valence-corrected chi connectivity index (χ4v) is 3.50. The Morgan fingerprint density at radius 1 is 0.950 bits per heavy atom. The van der Waals surface area contributed by atoms with E-state index in [1.54, 1.807) is 0 Å². The molecule has 3 rings (SSSR count). The van der Waals surface area contributed by atoms with Crippen LogP contribution in [0.25, 0.3) is 10.8 Å². The van der Waals surface area contributed by atoms with Gasteiger partial charge in [0.2, 0.25) is 0 Å². The van der Waals surface area contributed by atoms with Crippen molar-refractivity contribution in [1.82, 2.24) is 0 Å². The number of rotatable bonds is 4. The lowest BCUT2D eigenvalue weighted by Crippen LogP contribution is -1.96. The van der Waals surface area contributed by atoms with Gasteiger partial charge in [0.05, 0.1) is 0 Å². The van der Waals surface area contributed by atoms with Crippen LogP contribution in [-0.2, 0) is 13.0 Å². The lowest BCUT2D eigenvalue weighted by Gasteiger charge is -2.07. The van der Waals surface area contributed by atoms with E-state index in [1.807, 2.05) is 11.3 Å². The van der Waals surface area contributed by atoms with Crippen LogP contribution >= 0.6 is 27.3 Å². The number of nitrogens with one attached hydrogen (secondary N) is 1. The predicted octanol–water partition coefficient (Wildman–Crippen LogP) is 5.84. The van der Waals surface area contributed by atoms with Gasteiger partial charge in [-0.25, -0.2) is 0 Å². The molecule has 1 nitrogen and oxygen atoms in total. The second-order valence-electron chi connectivity index (χ2n) is 4.78. The van der Waals surface area contributed by atoms with Crippen LogP contribution < -0.4 is 5.32 Å². The SMILES string of the molecule is CCc1ccc(CNc2ccc3cc(Br)ccc3c2)s1. The van der Waals surface area contributed by atoms with Crippen molar-refractivity contribution in [2.75, 3.05) is 5.32 Å². The highest BCUT2D eigenvalue weighted by molar-refractivity contribution is 9.10. The number of aryl methyl sites for hydroxylation is 1. The molecule has 0 saturated heterocycles. The summed E-state index contributed by atoms with van der Waals surface area (Å²) in [5.41, 5.74) is 1.17. The Morgan fingerprint density at radius 2 is 1.70 bits per heavy atom. The molecule has 0 unspecified atom stereocenters. The van der Waals surface area contributed by atoms with Crippen LogP contribution in [0.1, 0.15) is 16.7 Å². The molecule has 20 heavy (non-hydrogen) atoms. The van der Waals surface area contributed by atoms with E-state index in [0.29, 0.717) is 0 Å². The van der Waals surface area contributed by atoms with E-state index < -0.39 is 0 Å². The first-order valence-electron chi connectivity index (χ1n) is 6.75. The number of halogens is 1. The number of hydrogen-bond donors (Lipinski definition) is 1. The maximum Gasteiger partial charge on any atom is 0.0494 e. The van der Waals surface area contributed by atoms with Crippen molar-refractivity contribution in [3.05, 3.63) is 62.8 Å². The van der Waals surface area contributed by atoms with Crippen LogP contribution in [-0.4, -0.2) is 0 Å². The fraction of sp³-hybridized carbons (Fsp3) is 0.176. The molecule has 0 aliphatic carbocycles. The van der Waals surface area contributed by atoms with Crippen LogP contribution in [0.4, 0.5) is 5.69 Å². The Labute approximate surface area is 131 Å². The van der Waals surface area contributed by atoms with E-state index in [1.165, 1.54) is 26.2 Å². The highest BCUT2D eigenvalue weighted by Crippen LogP contribution is 2.24. The van der Waals surface area contributed by atoms with E-state index >= 15 is 0 Å². The molecule has 1 N–H and O–H groups in total. The molecular weight excluding hydrogens is 330 g/mol. The number of thiophene rings is 1. The van der Waals surface area contributed by atoms with Gasteiger partial charge in [-0.2, -0.15) is 0 Å². The van der Waals surface area contributed by atoms with Crippen molar-refractivity contribution < 1.29 is 0 Å². The van der Waals surface area contributed by atoms with Gasteiger partial charge in [0, 0.05) is 26.5 Å². The van der Waals surface area contributed by atoms with Gasteiger partial charge in [-0.15, -0.1) is 11.3 Å². The third-order valence-corrected chi connectivity index (χ3v) is 5.06. The lowest BCUT2D eigenvalue weighted by atomic mass is 10.1. The first kappa shape index (κ1) is 13.7. The Bertz CT molecular complexity index is 733. The third-order valence-electron chi connectivity index (χ3n) is 3.33. The predicted molar refractivity (Wildman–Crippen MR) is 92.7 cm³/mol. The standard InChI is InChI=1S/C17H16BrNS/c1-2-16-7-8-17(20-16)11-19-15-6-4-12-9-14(18)5-3-13(12)10-15/h3-10,19H,2,11H2,1H3. The molecule has 0 spiro atoms. The van der Waals surface area contributed by atoms with Crippen LogP contribution in [0.5, 0.6) is 0 Å². The van der Waals surface area contributed by atoms with Crippen LogP contribution in [0.3, 0.4) is 0 Å². The number of benzene rings is 2. The number of hydrogen-bond acceptors (Lipinski definition) is 2. The van der Waals surface area contributed by atoms with E-state index in [0.717, 1.165) is 17.4 Å². The van der Waals surface area contributed by atoms with Gasteiger partial charge in [0.1, 0.15) is 0 Å². The summed E-state index contributed by atoms with van der Waals surface area (Å²) >= 11 is 5.40. The Morgan fingerprint density at radius 3 is 2.50 bits per heavy atom. The summed E-state index contributed by atoms with van der Waals surface area (Å²) in [6.07, 6.45) is 1.12. The second-order valence-corrected chi connectivity index (χ2v) is 6.95. The molecule has 3 heteroatoms. The summed E-state index contributed by atoms with van der Waals surface area (Å²) in [7, 11) is 0. The molecular formula is C17H16BrNS. The Hall–Kier alpha value is -1.32.